The smallest absolute Gasteiger partial charge is 0.289 e. The van der Waals surface area contributed by atoms with Gasteiger partial charge in [-0.2, -0.15) is 0 Å². The number of hydrogen-bond acceptors (Lipinski definition) is 6. The van der Waals surface area contributed by atoms with Gasteiger partial charge < -0.3 is 14.8 Å². The van der Waals surface area contributed by atoms with E-state index in [-0.39, 0.29) is 12.0 Å². The molecule has 3 fully saturated rings. The predicted molar refractivity (Wildman–Crippen MR) is 85.8 cm³/mol. The molecule has 5 aliphatic rings. The average molecular weight is 333 g/mol. The van der Waals surface area contributed by atoms with Gasteiger partial charge in [-0.3, -0.25) is 10.2 Å². The molecule has 6 rings (SSSR count). The van der Waals surface area contributed by atoms with Crippen molar-refractivity contribution in [2.45, 2.75) is 30.3 Å². The normalized spacial score (nSPS) is 41.9. The molecule has 4 atom stereocenters. The molecule has 4 aliphatic heterocycles. The van der Waals surface area contributed by atoms with Crippen LogP contribution in [0.1, 0.15) is 12.8 Å². The topological polar surface area (TPSA) is 58.1 Å². The molecule has 0 radical (unpaired) electrons. The lowest BCUT2D eigenvalue weighted by atomic mass is 9.98. The minimum atomic E-state index is -0.371. The molecule has 6 nitrogen and oxygen atoms in total. The van der Waals surface area contributed by atoms with Crippen LogP contribution in [-0.4, -0.2) is 48.0 Å². The van der Waals surface area contributed by atoms with Gasteiger partial charge in [-0.25, -0.2) is 4.99 Å². The highest BCUT2D eigenvalue weighted by atomic mass is 35.5. The molecular weight excluding hydrogens is 316 g/mol. The first-order valence-corrected chi connectivity index (χ1v) is 8.53. The van der Waals surface area contributed by atoms with Crippen LogP contribution in [0.15, 0.2) is 23.2 Å². The van der Waals surface area contributed by atoms with Crippen molar-refractivity contribution in [3.63, 3.8) is 0 Å². The number of piperidine rings is 1. The molecule has 2 saturated heterocycles. The largest absolute Gasteiger partial charge is 0.455 e. The Kier molecular flexibility index (Phi) is 2.14. The summed E-state index contributed by atoms with van der Waals surface area (Å²) in [7, 11) is 0. The summed E-state index contributed by atoms with van der Waals surface area (Å²) in [4.78, 5) is 7.18. The summed E-state index contributed by atoms with van der Waals surface area (Å²) in [5.74, 6) is 1.44. The van der Waals surface area contributed by atoms with E-state index in [1.807, 2.05) is 18.2 Å². The van der Waals surface area contributed by atoms with E-state index in [4.69, 9.17) is 21.1 Å². The first kappa shape index (κ1) is 12.7. The van der Waals surface area contributed by atoms with E-state index in [0.717, 1.165) is 24.5 Å². The molecule has 4 heterocycles. The Morgan fingerprint density at radius 1 is 1.43 bits per heavy atom. The summed E-state index contributed by atoms with van der Waals surface area (Å²) in [6.45, 7) is 2.98. The number of rotatable bonds is 1. The highest BCUT2D eigenvalue weighted by Crippen LogP contribution is 2.67. The second kappa shape index (κ2) is 3.87. The lowest BCUT2D eigenvalue weighted by Gasteiger charge is -2.39. The van der Waals surface area contributed by atoms with E-state index >= 15 is 0 Å². The Morgan fingerprint density at radius 2 is 2.39 bits per heavy atom. The number of nitrogens with one attached hydrogen (secondary N) is 2. The number of ether oxygens (including phenoxy) is 2. The van der Waals surface area contributed by atoms with Crippen molar-refractivity contribution in [1.82, 2.24) is 10.2 Å². The number of benzene rings is 1. The second-order valence-electron chi connectivity index (χ2n) is 7.25. The zero-order chi connectivity index (χ0) is 15.2. The van der Waals surface area contributed by atoms with Crippen LogP contribution in [0, 0.1) is 5.92 Å². The number of halogens is 1. The van der Waals surface area contributed by atoms with Gasteiger partial charge in [0.25, 0.3) is 12.4 Å². The monoisotopic (exact) mass is 332 g/mol. The third-order valence-electron chi connectivity index (χ3n) is 6.10. The zero-order valence-electron chi connectivity index (χ0n) is 12.5. The van der Waals surface area contributed by atoms with E-state index < -0.39 is 0 Å². The van der Waals surface area contributed by atoms with E-state index in [0.29, 0.717) is 22.5 Å². The maximum Gasteiger partial charge on any atom is 0.289 e. The molecule has 2 spiro atoms. The van der Waals surface area contributed by atoms with Gasteiger partial charge in [0.05, 0.1) is 12.2 Å². The van der Waals surface area contributed by atoms with Crippen molar-refractivity contribution in [1.29, 1.82) is 0 Å². The first-order valence-electron chi connectivity index (χ1n) is 8.15. The fourth-order valence-electron chi connectivity index (χ4n) is 4.82. The number of hydrogen-bond donors (Lipinski definition) is 2. The van der Waals surface area contributed by atoms with E-state index in [1.54, 1.807) is 0 Å². The van der Waals surface area contributed by atoms with Gasteiger partial charge in [-0.05, 0) is 31.0 Å². The van der Waals surface area contributed by atoms with Crippen molar-refractivity contribution in [3.8, 4) is 5.75 Å². The molecule has 23 heavy (non-hydrogen) atoms. The van der Waals surface area contributed by atoms with Gasteiger partial charge in [0.1, 0.15) is 11.4 Å². The SMILES string of the molecule is Clc1ccc2c(c1)NC(NC1=NCC3(CN4CCC45CC35)O1)O2. The van der Waals surface area contributed by atoms with Crippen molar-refractivity contribution < 1.29 is 9.47 Å². The van der Waals surface area contributed by atoms with Crippen molar-refractivity contribution in [2.24, 2.45) is 10.9 Å². The number of anilines is 1. The lowest BCUT2D eigenvalue weighted by Crippen LogP contribution is -2.50. The fraction of sp³-hybridized carbons (Fsp3) is 0.562. The third-order valence-corrected chi connectivity index (χ3v) is 6.34. The van der Waals surface area contributed by atoms with Crippen LogP contribution >= 0.6 is 11.6 Å². The van der Waals surface area contributed by atoms with Crippen LogP contribution in [0.4, 0.5) is 5.69 Å². The Labute approximate surface area is 138 Å². The Morgan fingerprint density at radius 3 is 3.13 bits per heavy atom. The van der Waals surface area contributed by atoms with E-state index in [2.05, 4.69) is 20.5 Å². The molecule has 7 heteroatoms. The lowest BCUT2D eigenvalue weighted by molar-refractivity contribution is 0.0384. The zero-order valence-corrected chi connectivity index (χ0v) is 13.3. The maximum atomic E-state index is 6.28. The summed E-state index contributed by atoms with van der Waals surface area (Å²) >= 11 is 6.01. The fourth-order valence-corrected chi connectivity index (χ4v) is 4.99. The molecular formula is C16H17ClN4O2. The number of amidine groups is 1. The molecule has 0 aromatic heterocycles. The second-order valence-corrected chi connectivity index (χ2v) is 7.68. The summed E-state index contributed by atoms with van der Waals surface area (Å²) in [5, 5.41) is 7.14. The van der Waals surface area contributed by atoms with Gasteiger partial charge in [0, 0.05) is 29.6 Å². The van der Waals surface area contributed by atoms with Crippen molar-refractivity contribution in [2.75, 3.05) is 25.0 Å². The minimum Gasteiger partial charge on any atom is -0.455 e. The van der Waals surface area contributed by atoms with E-state index in [1.165, 1.54) is 19.4 Å². The molecule has 4 unspecified atom stereocenters. The Hall–Kier alpha value is -1.66. The van der Waals surface area contributed by atoms with E-state index in [9.17, 15) is 0 Å². The van der Waals surface area contributed by atoms with Crippen LogP contribution in [-0.2, 0) is 4.74 Å². The molecule has 0 bridgehead atoms. The van der Waals surface area contributed by atoms with Crippen LogP contribution in [0.5, 0.6) is 5.75 Å². The molecule has 0 amide bonds. The maximum absolute atomic E-state index is 6.28. The Balaban J connectivity index is 1.15. The Bertz CT molecular complexity index is 756. The number of nitrogens with zero attached hydrogens (tertiary/aromatic N) is 2. The van der Waals surface area contributed by atoms with Gasteiger partial charge in [0.15, 0.2) is 0 Å². The van der Waals surface area contributed by atoms with Crippen molar-refractivity contribution in [3.05, 3.63) is 23.2 Å². The quantitative estimate of drug-likeness (QED) is 0.818. The van der Waals surface area contributed by atoms with Gasteiger partial charge >= 0.3 is 0 Å². The van der Waals surface area contributed by atoms with Crippen molar-refractivity contribution >= 4 is 23.3 Å². The predicted octanol–water partition coefficient (Wildman–Crippen LogP) is 1.62. The van der Waals surface area contributed by atoms with Gasteiger partial charge in [0.2, 0.25) is 0 Å². The molecule has 2 N–H and O–H groups in total. The summed E-state index contributed by atoms with van der Waals surface area (Å²) in [6, 6.07) is 6.12. The molecule has 1 aliphatic carbocycles. The van der Waals surface area contributed by atoms with Crippen LogP contribution < -0.4 is 15.4 Å². The first-order chi connectivity index (χ1) is 11.2. The van der Waals surface area contributed by atoms with Gasteiger partial charge in [-0.1, -0.05) is 11.6 Å². The number of fused-ring (bicyclic) bond motifs is 2. The number of aliphatic imine (C=N–C) groups is 1. The highest BCUT2D eigenvalue weighted by molar-refractivity contribution is 6.31. The molecule has 120 valence electrons. The third kappa shape index (κ3) is 1.55. The molecule has 1 aromatic rings. The molecule has 1 saturated carbocycles. The van der Waals surface area contributed by atoms with Crippen LogP contribution in [0.3, 0.4) is 0 Å². The summed E-state index contributed by atoms with van der Waals surface area (Å²) < 4.78 is 12.1. The average Bonchev–Trinajstić information content (AvgIpc) is 2.97. The minimum absolute atomic E-state index is 0.104. The molecule has 1 aromatic carbocycles. The van der Waals surface area contributed by atoms with Gasteiger partial charge in [-0.15, -0.1) is 0 Å². The van der Waals surface area contributed by atoms with Crippen LogP contribution in [0.2, 0.25) is 5.02 Å². The standard InChI is InChI=1S/C16H17ClN4O2/c17-9-1-2-11-10(5-9)19-14(22-11)20-13-18-7-16(23-13)8-21-4-3-15(21)6-12(15)16/h1-2,5,12,14,19H,3-4,6-8H2,(H,18,20). The highest BCUT2D eigenvalue weighted by Gasteiger charge is 2.77. The summed E-state index contributed by atoms with van der Waals surface area (Å²) in [6.07, 6.45) is 2.23. The van der Waals surface area contributed by atoms with Crippen LogP contribution in [0.25, 0.3) is 0 Å². The summed E-state index contributed by atoms with van der Waals surface area (Å²) in [5.41, 5.74) is 1.25.